The van der Waals surface area contributed by atoms with Crippen LogP contribution < -0.4 is 14.2 Å². The molecule has 10 heteroatoms. The second-order valence-corrected chi connectivity index (χ2v) is 11.3. The lowest BCUT2D eigenvalue weighted by molar-refractivity contribution is -0.154. The molecule has 1 heterocycles. The Morgan fingerprint density at radius 1 is 1.05 bits per heavy atom. The second kappa shape index (κ2) is 16.3. The first-order chi connectivity index (χ1) is 20.6. The molecule has 0 aromatic heterocycles. The molecule has 0 aliphatic carbocycles. The van der Waals surface area contributed by atoms with Crippen molar-refractivity contribution in [3.8, 4) is 17.2 Å². The van der Waals surface area contributed by atoms with Crippen molar-refractivity contribution in [2.24, 2.45) is 5.41 Å². The standard InChI is InChI=1S/C33H45NO9/c1-6-33(2,3)31(37)32(38)34-17-8-7-11-25(34)20-41-22-43-27(24-10-9-12-26(19-24)42-21-30(35)36)15-13-23-14-16-28(39-4)29(18-23)40-5/h9-10,12,14,16,18-19,25,27H,6-8,11,13,15,17,20-22H2,1-5H3,(H,35,36)/t25?,27-/m1/s1. The molecule has 1 aliphatic rings. The molecule has 1 unspecified atom stereocenters. The van der Waals surface area contributed by atoms with Gasteiger partial charge in [-0.05, 0) is 73.9 Å². The van der Waals surface area contributed by atoms with Crippen LogP contribution in [0.15, 0.2) is 42.5 Å². The summed E-state index contributed by atoms with van der Waals surface area (Å²) in [5, 5.41) is 9.00. The molecule has 1 N–H and O–H groups in total. The number of ketones is 1. The summed E-state index contributed by atoms with van der Waals surface area (Å²) >= 11 is 0. The number of carbonyl (C=O) groups excluding carboxylic acids is 2. The van der Waals surface area contributed by atoms with E-state index in [1.165, 1.54) is 0 Å². The lowest BCUT2D eigenvalue weighted by Crippen LogP contribution is -2.51. The monoisotopic (exact) mass is 599 g/mol. The van der Waals surface area contributed by atoms with Crippen molar-refractivity contribution in [3.63, 3.8) is 0 Å². The van der Waals surface area contributed by atoms with E-state index < -0.39 is 30.0 Å². The van der Waals surface area contributed by atoms with Gasteiger partial charge in [-0.3, -0.25) is 9.59 Å². The van der Waals surface area contributed by atoms with Gasteiger partial charge in [-0.2, -0.15) is 0 Å². The first-order valence-electron chi connectivity index (χ1n) is 14.8. The maximum Gasteiger partial charge on any atom is 0.341 e. The summed E-state index contributed by atoms with van der Waals surface area (Å²) in [6, 6.07) is 12.7. The molecular formula is C33H45NO9. The molecule has 0 spiro atoms. The molecule has 10 nitrogen and oxygen atoms in total. The molecule has 43 heavy (non-hydrogen) atoms. The molecule has 1 saturated heterocycles. The number of amides is 1. The van der Waals surface area contributed by atoms with E-state index in [4.69, 9.17) is 28.8 Å². The molecule has 1 amide bonds. The molecule has 0 radical (unpaired) electrons. The maximum atomic E-state index is 13.1. The number of ether oxygens (including phenoxy) is 5. The van der Waals surface area contributed by atoms with Crippen molar-refractivity contribution in [2.75, 3.05) is 40.8 Å². The lowest BCUT2D eigenvalue weighted by Gasteiger charge is -2.36. The van der Waals surface area contributed by atoms with E-state index in [1.807, 2.05) is 31.2 Å². The van der Waals surface area contributed by atoms with E-state index in [1.54, 1.807) is 51.2 Å². The van der Waals surface area contributed by atoms with Crippen molar-refractivity contribution in [1.82, 2.24) is 4.90 Å². The highest BCUT2D eigenvalue weighted by Crippen LogP contribution is 2.31. The molecule has 2 aromatic rings. The van der Waals surface area contributed by atoms with Gasteiger partial charge in [-0.25, -0.2) is 4.79 Å². The summed E-state index contributed by atoms with van der Waals surface area (Å²) < 4.78 is 28.3. The third kappa shape index (κ3) is 9.69. The van der Waals surface area contributed by atoms with Crippen LogP contribution in [0.4, 0.5) is 0 Å². The van der Waals surface area contributed by atoms with Crippen molar-refractivity contribution >= 4 is 17.7 Å². The third-order valence-electron chi connectivity index (χ3n) is 7.98. The highest BCUT2D eigenvalue weighted by Gasteiger charge is 2.37. The number of aliphatic carboxylic acids is 1. The number of rotatable bonds is 17. The van der Waals surface area contributed by atoms with Crippen LogP contribution in [0.5, 0.6) is 17.2 Å². The minimum absolute atomic E-state index is 0.0241. The molecule has 1 fully saturated rings. The predicted molar refractivity (Wildman–Crippen MR) is 161 cm³/mol. The number of methoxy groups -OCH3 is 2. The minimum atomic E-state index is -1.06. The summed E-state index contributed by atoms with van der Waals surface area (Å²) in [6.45, 7) is 5.85. The summed E-state index contributed by atoms with van der Waals surface area (Å²) in [7, 11) is 3.18. The number of Topliss-reactive ketones (excluding diaryl/α,β-unsaturated/α-hetero) is 1. The number of aryl methyl sites for hydroxylation is 1. The van der Waals surface area contributed by atoms with Gasteiger partial charge in [0.25, 0.3) is 5.91 Å². The van der Waals surface area contributed by atoms with Crippen LogP contribution in [0.2, 0.25) is 0 Å². The zero-order chi connectivity index (χ0) is 31.4. The Morgan fingerprint density at radius 3 is 2.51 bits per heavy atom. The summed E-state index contributed by atoms with van der Waals surface area (Å²) in [5.41, 5.74) is 1.14. The van der Waals surface area contributed by atoms with E-state index in [0.29, 0.717) is 43.1 Å². The Hall–Kier alpha value is -3.63. The molecule has 2 aromatic carbocycles. The molecule has 0 saturated carbocycles. The van der Waals surface area contributed by atoms with E-state index in [9.17, 15) is 14.4 Å². The molecular weight excluding hydrogens is 554 g/mol. The number of carbonyl (C=O) groups is 3. The Labute approximate surface area is 254 Å². The highest BCUT2D eigenvalue weighted by molar-refractivity contribution is 6.38. The minimum Gasteiger partial charge on any atom is -0.493 e. The fourth-order valence-corrected chi connectivity index (χ4v) is 4.97. The third-order valence-corrected chi connectivity index (χ3v) is 7.98. The average Bonchev–Trinajstić information content (AvgIpc) is 3.02. The van der Waals surface area contributed by atoms with Crippen LogP contribution in [0, 0.1) is 5.41 Å². The largest absolute Gasteiger partial charge is 0.493 e. The normalized spacial score (nSPS) is 15.9. The Morgan fingerprint density at radius 2 is 1.81 bits per heavy atom. The van der Waals surface area contributed by atoms with Crippen molar-refractivity contribution in [3.05, 3.63) is 53.6 Å². The van der Waals surface area contributed by atoms with E-state index in [2.05, 4.69) is 0 Å². The van der Waals surface area contributed by atoms with Crippen LogP contribution >= 0.6 is 0 Å². The Balaban J connectivity index is 1.68. The molecule has 1 aliphatic heterocycles. The first-order valence-corrected chi connectivity index (χ1v) is 14.8. The first kappa shape index (κ1) is 33.9. The number of piperidine rings is 1. The number of nitrogens with zero attached hydrogens (tertiary/aromatic N) is 1. The summed E-state index contributed by atoms with van der Waals surface area (Å²) in [5.74, 6) is -0.152. The zero-order valence-corrected chi connectivity index (χ0v) is 25.9. The van der Waals surface area contributed by atoms with Gasteiger partial charge in [0.15, 0.2) is 18.1 Å². The van der Waals surface area contributed by atoms with Crippen molar-refractivity contribution in [1.29, 1.82) is 0 Å². The Bertz CT molecular complexity index is 1230. The highest BCUT2D eigenvalue weighted by atomic mass is 16.7. The fraction of sp³-hybridized carbons (Fsp3) is 0.545. The van der Waals surface area contributed by atoms with Crippen molar-refractivity contribution < 1.29 is 43.2 Å². The lowest BCUT2D eigenvalue weighted by atomic mass is 9.84. The number of carboxylic acids is 1. The molecule has 3 rings (SSSR count). The number of hydrogen-bond acceptors (Lipinski definition) is 8. The van der Waals surface area contributed by atoms with E-state index in [0.717, 1.165) is 30.4 Å². The van der Waals surface area contributed by atoms with Crippen LogP contribution in [0.1, 0.15) is 70.1 Å². The SMILES string of the molecule is CCC(C)(C)C(=O)C(=O)N1CCCCC1COCO[C@H](CCc1ccc(OC)c(OC)c1)c1cccc(OCC(=O)O)c1. The number of carboxylic acid groups (broad SMARTS) is 1. The quantitative estimate of drug-likeness (QED) is 0.148. The van der Waals surface area contributed by atoms with E-state index in [-0.39, 0.29) is 25.2 Å². The van der Waals surface area contributed by atoms with Gasteiger partial charge in [0.1, 0.15) is 12.5 Å². The molecule has 236 valence electrons. The summed E-state index contributed by atoms with van der Waals surface area (Å²) in [4.78, 5) is 38.6. The van der Waals surface area contributed by atoms with Crippen LogP contribution in [0.25, 0.3) is 0 Å². The zero-order valence-electron chi connectivity index (χ0n) is 25.9. The predicted octanol–water partition coefficient (Wildman–Crippen LogP) is 5.22. The van der Waals surface area contributed by atoms with Gasteiger partial charge < -0.3 is 33.7 Å². The molecule has 2 atom stereocenters. The van der Waals surface area contributed by atoms with Gasteiger partial charge in [0.05, 0.1) is 33.0 Å². The number of hydrogen-bond donors (Lipinski definition) is 1. The van der Waals surface area contributed by atoms with Crippen LogP contribution in [-0.4, -0.2) is 74.5 Å². The topological polar surface area (TPSA) is 121 Å². The smallest absolute Gasteiger partial charge is 0.341 e. The second-order valence-electron chi connectivity index (χ2n) is 11.3. The van der Waals surface area contributed by atoms with Crippen LogP contribution in [0.3, 0.4) is 0 Å². The average molecular weight is 600 g/mol. The molecule has 0 bridgehead atoms. The van der Waals surface area contributed by atoms with Gasteiger partial charge >= 0.3 is 5.97 Å². The number of benzene rings is 2. The maximum absolute atomic E-state index is 13.1. The van der Waals surface area contributed by atoms with Gasteiger partial charge in [-0.1, -0.05) is 39.0 Å². The fourth-order valence-electron chi connectivity index (χ4n) is 4.97. The van der Waals surface area contributed by atoms with E-state index >= 15 is 0 Å². The van der Waals surface area contributed by atoms with Gasteiger partial charge in [-0.15, -0.1) is 0 Å². The number of likely N-dealkylation sites (tertiary alicyclic amines) is 1. The van der Waals surface area contributed by atoms with Gasteiger partial charge in [0, 0.05) is 12.0 Å². The Kier molecular flexibility index (Phi) is 12.8. The van der Waals surface area contributed by atoms with Crippen LogP contribution in [-0.2, 0) is 30.3 Å². The summed E-state index contributed by atoms with van der Waals surface area (Å²) in [6.07, 6.45) is 4.03. The van der Waals surface area contributed by atoms with Crippen molar-refractivity contribution in [2.45, 2.75) is 71.4 Å². The van der Waals surface area contributed by atoms with Gasteiger partial charge in [0.2, 0.25) is 5.78 Å².